The molecule has 0 unspecified atom stereocenters. The van der Waals surface area contributed by atoms with Gasteiger partial charge in [-0.1, -0.05) is 23.7 Å². The van der Waals surface area contributed by atoms with Gasteiger partial charge in [-0.3, -0.25) is 9.55 Å². The summed E-state index contributed by atoms with van der Waals surface area (Å²) in [5.74, 6) is -0.143. The number of rotatable bonds is 5. The van der Waals surface area contributed by atoms with Gasteiger partial charge >= 0.3 is 5.69 Å². The molecule has 0 aliphatic carbocycles. The smallest absolute Gasteiger partial charge is 0.328 e. The quantitative estimate of drug-likeness (QED) is 0.754. The Morgan fingerprint density at radius 1 is 1.35 bits per heavy atom. The van der Waals surface area contributed by atoms with Crippen LogP contribution in [0.2, 0.25) is 5.02 Å². The van der Waals surface area contributed by atoms with Gasteiger partial charge in [0.1, 0.15) is 5.69 Å². The average molecular weight is 333 g/mol. The molecule has 0 bridgehead atoms. The fraction of sp³-hybridized carbons (Fsp3) is 0.250. The zero-order valence-corrected chi connectivity index (χ0v) is 13.4. The maximum atomic E-state index is 12.1. The van der Waals surface area contributed by atoms with E-state index >= 15 is 0 Å². The molecule has 0 aliphatic heterocycles. The molecule has 0 aliphatic rings. The van der Waals surface area contributed by atoms with E-state index < -0.39 is 0 Å². The Hall–Kier alpha value is -2.47. The van der Waals surface area contributed by atoms with E-state index in [-0.39, 0.29) is 11.6 Å². The highest BCUT2D eigenvalue weighted by molar-refractivity contribution is 6.30. The largest absolute Gasteiger partial charge is 0.493 e. The summed E-state index contributed by atoms with van der Waals surface area (Å²) < 4.78 is 3.51. The van der Waals surface area contributed by atoms with Crippen LogP contribution in [0, 0.1) is 6.92 Å². The topological polar surface area (TPSA) is 75.8 Å². The molecule has 2 heterocycles. The predicted molar refractivity (Wildman–Crippen MR) is 88.7 cm³/mol. The number of aryl methyl sites for hydroxylation is 2. The second-order valence-electron chi connectivity index (χ2n) is 5.40. The summed E-state index contributed by atoms with van der Waals surface area (Å²) in [6, 6.07) is 7.06. The van der Waals surface area contributed by atoms with Gasteiger partial charge in [0.15, 0.2) is 0 Å². The second kappa shape index (κ2) is 6.34. The lowest BCUT2D eigenvalue weighted by Crippen LogP contribution is -2.18. The van der Waals surface area contributed by atoms with Crippen molar-refractivity contribution < 1.29 is 5.11 Å². The second-order valence-corrected chi connectivity index (χ2v) is 5.83. The molecule has 120 valence electrons. The third kappa shape index (κ3) is 3.32. The number of aromatic nitrogens is 4. The summed E-state index contributed by atoms with van der Waals surface area (Å²) >= 11 is 6.00. The van der Waals surface area contributed by atoms with Crippen LogP contribution in [0.5, 0.6) is 5.88 Å². The van der Waals surface area contributed by atoms with Crippen molar-refractivity contribution in [2.24, 2.45) is 0 Å². The molecule has 0 saturated carbocycles. The van der Waals surface area contributed by atoms with Gasteiger partial charge in [0.25, 0.3) is 0 Å². The Morgan fingerprint density at radius 3 is 2.87 bits per heavy atom. The minimum atomic E-state index is -0.334. The zero-order valence-electron chi connectivity index (χ0n) is 12.7. The van der Waals surface area contributed by atoms with Crippen molar-refractivity contribution in [3.05, 3.63) is 58.0 Å². The van der Waals surface area contributed by atoms with Gasteiger partial charge in [-0.15, -0.1) is 0 Å². The molecular weight excluding hydrogens is 316 g/mol. The van der Waals surface area contributed by atoms with Crippen molar-refractivity contribution in [3.8, 4) is 17.1 Å². The normalized spacial score (nSPS) is 11.0. The van der Waals surface area contributed by atoms with E-state index in [1.54, 1.807) is 24.5 Å². The van der Waals surface area contributed by atoms with Gasteiger partial charge in [-0.25, -0.2) is 9.78 Å². The molecule has 3 rings (SSSR count). The molecule has 23 heavy (non-hydrogen) atoms. The number of nitrogens with one attached hydrogen (secondary N) is 1. The third-order valence-corrected chi connectivity index (χ3v) is 3.86. The summed E-state index contributed by atoms with van der Waals surface area (Å²) in [6.07, 6.45) is 4.46. The number of nitrogens with zero attached hydrogens (tertiary/aromatic N) is 3. The Morgan fingerprint density at radius 2 is 2.17 bits per heavy atom. The highest BCUT2D eigenvalue weighted by atomic mass is 35.5. The van der Waals surface area contributed by atoms with Gasteiger partial charge in [-0.05, 0) is 25.5 Å². The minimum absolute atomic E-state index is 0.143. The molecule has 0 radical (unpaired) electrons. The van der Waals surface area contributed by atoms with Crippen molar-refractivity contribution in [2.45, 2.75) is 26.4 Å². The van der Waals surface area contributed by atoms with Crippen molar-refractivity contribution in [3.63, 3.8) is 0 Å². The molecule has 1 aromatic carbocycles. The van der Waals surface area contributed by atoms with Crippen molar-refractivity contribution >= 4 is 11.6 Å². The van der Waals surface area contributed by atoms with Gasteiger partial charge in [0, 0.05) is 29.9 Å². The fourth-order valence-corrected chi connectivity index (χ4v) is 2.79. The average Bonchev–Trinajstić information content (AvgIpc) is 3.03. The summed E-state index contributed by atoms with van der Waals surface area (Å²) in [7, 11) is 0. The molecule has 7 heteroatoms. The van der Waals surface area contributed by atoms with E-state index in [0.717, 1.165) is 18.7 Å². The highest BCUT2D eigenvalue weighted by Gasteiger charge is 2.15. The summed E-state index contributed by atoms with van der Waals surface area (Å²) in [5, 5.41) is 10.6. The number of H-pyrrole nitrogens is 1. The number of benzene rings is 1. The molecule has 0 saturated heterocycles. The lowest BCUT2D eigenvalue weighted by atomic mass is 10.1. The van der Waals surface area contributed by atoms with Crippen LogP contribution in [0.1, 0.15) is 12.1 Å². The Labute approximate surface area is 138 Å². The van der Waals surface area contributed by atoms with Crippen LogP contribution in [0.4, 0.5) is 0 Å². The molecule has 2 N–H and O–H groups in total. The fourth-order valence-electron chi connectivity index (χ4n) is 2.60. The van der Waals surface area contributed by atoms with E-state index in [4.69, 9.17) is 11.6 Å². The van der Waals surface area contributed by atoms with Gasteiger partial charge in [-0.2, -0.15) is 0 Å². The number of hydrogen-bond donors (Lipinski definition) is 2. The predicted octanol–water partition coefficient (Wildman–Crippen LogP) is 2.80. The molecule has 0 amide bonds. The number of halogens is 1. The zero-order chi connectivity index (χ0) is 16.4. The van der Waals surface area contributed by atoms with Crippen LogP contribution in [0.15, 0.2) is 41.6 Å². The summed E-state index contributed by atoms with van der Waals surface area (Å²) in [6.45, 7) is 3.16. The first-order valence-corrected chi connectivity index (χ1v) is 7.68. The van der Waals surface area contributed by atoms with Crippen LogP contribution in [0.25, 0.3) is 11.3 Å². The standard InChI is InChI=1S/C16H17ClN4O2/c1-11-9-20(10-18-11)6-3-7-21-14(15(22)19-16(21)23)12-4-2-5-13(17)8-12/h2,4-5,8-10,22H,3,6-7H2,1H3,(H,19,23). The Bertz CT molecular complexity index is 878. The van der Waals surface area contributed by atoms with Gasteiger partial charge in [0.2, 0.25) is 5.88 Å². The molecule has 2 aromatic heterocycles. The minimum Gasteiger partial charge on any atom is -0.493 e. The molecule has 3 aromatic rings. The number of hydrogen-bond acceptors (Lipinski definition) is 3. The molecule has 0 spiro atoms. The monoisotopic (exact) mass is 332 g/mol. The Kier molecular flexibility index (Phi) is 4.25. The summed E-state index contributed by atoms with van der Waals surface area (Å²) in [4.78, 5) is 18.7. The summed E-state index contributed by atoms with van der Waals surface area (Å²) in [5.41, 5.74) is 1.78. The third-order valence-electron chi connectivity index (χ3n) is 3.62. The molecule has 0 fully saturated rings. The number of aromatic hydroxyl groups is 1. The van der Waals surface area contributed by atoms with E-state index in [1.807, 2.05) is 23.8 Å². The van der Waals surface area contributed by atoms with E-state index in [9.17, 15) is 9.90 Å². The maximum absolute atomic E-state index is 12.1. The number of imidazole rings is 2. The molecular formula is C16H17ClN4O2. The maximum Gasteiger partial charge on any atom is 0.328 e. The van der Waals surface area contributed by atoms with Crippen LogP contribution < -0.4 is 5.69 Å². The number of aromatic amines is 1. The van der Waals surface area contributed by atoms with Gasteiger partial charge < -0.3 is 9.67 Å². The first kappa shape index (κ1) is 15.4. The van der Waals surface area contributed by atoms with Crippen LogP contribution >= 0.6 is 11.6 Å². The van der Waals surface area contributed by atoms with Crippen molar-refractivity contribution in [1.29, 1.82) is 0 Å². The van der Waals surface area contributed by atoms with Crippen molar-refractivity contribution in [1.82, 2.24) is 19.1 Å². The lowest BCUT2D eigenvalue weighted by molar-refractivity contribution is 0.457. The van der Waals surface area contributed by atoms with Crippen molar-refractivity contribution in [2.75, 3.05) is 0 Å². The molecule has 0 atom stereocenters. The van der Waals surface area contributed by atoms with Gasteiger partial charge in [0.05, 0.1) is 12.0 Å². The van der Waals surface area contributed by atoms with Crippen LogP contribution in [-0.2, 0) is 13.1 Å². The van der Waals surface area contributed by atoms with E-state index in [2.05, 4.69) is 9.97 Å². The van der Waals surface area contributed by atoms with Crippen LogP contribution in [-0.4, -0.2) is 24.2 Å². The van der Waals surface area contributed by atoms with Crippen LogP contribution in [0.3, 0.4) is 0 Å². The SMILES string of the molecule is Cc1cn(CCCn2c(-c3cccc(Cl)c3)c(O)[nH]c2=O)cn1. The molecule has 6 nitrogen and oxygen atoms in total. The van der Waals surface area contributed by atoms with E-state index in [0.29, 0.717) is 22.8 Å². The van der Waals surface area contributed by atoms with E-state index in [1.165, 1.54) is 4.57 Å². The first-order chi connectivity index (χ1) is 11.0. The first-order valence-electron chi connectivity index (χ1n) is 7.30. The lowest BCUT2D eigenvalue weighted by Gasteiger charge is -2.08. The Balaban J connectivity index is 1.83. The highest BCUT2D eigenvalue weighted by Crippen LogP contribution is 2.28.